The van der Waals surface area contributed by atoms with E-state index in [1.807, 2.05) is 24.3 Å². The molecular formula is C32H48N2O3. The first kappa shape index (κ1) is 30.6. The first-order valence-electron chi connectivity index (χ1n) is 14.1. The molecule has 0 spiro atoms. The number of fused-ring (bicyclic) bond motifs is 1. The van der Waals surface area contributed by atoms with Gasteiger partial charge in [0, 0.05) is 42.3 Å². The number of ether oxygens (including phenoxy) is 2. The minimum Gasteiger partial charge on any atom is -0.464 e. The maximum Gasteiger partial charge on any atom is 0.330 e. The molecule has 0 bridgehead atoms. The van der Waals surface area contributed by atoms with Crippen LogP contribution < -0.4 is 5.73 Å². The largest absolute Gasteiger partial charge is 0.464 e. The predicted molar refractivity (Wildman–Crippen MR) is 155 cm³/mol. The van der Waals surface area contributed by atoms with Gasteiger partial charge >= 0.3 is 5.97 Å². The second-order valence-corrected chi connectivity index (χ2v) is 9.78. The summed E-state index contributed by atoms with van der Waals surface area (Å²) < 4.78 is 11.1. The van der Waals surface area contributed by atoms with Crippen molar-refractivity contribution in [1.82, 2.24) is 4.98 Å². The molecule has 5 heteroatoms. The number of esters is 1. The third-order valence-electron chi connectivity index (χ3n) is 6.42. The second kappa shape index (κ2) is 18.6. The first-order valence-corrected chi connectivity index (χ1v) is 14.1. The Morgan fingerprint density at radius 1 is 0.865 bits per heavy atom. The summed E-state index contributed by atoms with van der Waals surface area (Å²) in [7, 11) is 0. The predicted octanol–water partition coefficient (Wildman–Crippen LogP) is 7.88. The van der Waals surface area contributed by atoms with E-state index < -0.39 is 11.5 Å². The Morgan fingerprint density at radius 2 is 1.51 bits per heavy atom. The van der Waals surface area contributed by atoms with Gasteiger partial charge in [0.25, 0.3) is 0 Å². The number of aromatic nitrogens is 1. The smallest absolute Gasteiger partial charge is 0.330 e. The molecule has 1 unspecified atom stereocenters. The molecule has 0 radical (unpaired) electrons. The number of hydrogen-bond acceptors (Lipinski definition) is 4. The summed E-state index contributed by atoms with van der Waals surface area (Å²) in [4.78, 5) is 15.8. The number of para-hydroxylation sites is 1. The molecule has 3 N–H and O–H groups in total. The van der Waals surface area contributed by atoms with Crippen molar-refractivity contribution in [1.29, 1.82) is 0 Å². The van der Waals surface area contributed by atoms with Gasteiger partial charge in [-0.15, -0.1) is 0 Å². The molecular weight excluding hydrogens is 460 g/mol. The van der Waals surface area contributed by atoms with E-state index in [0.29, 0.717) is 19.6 Å². The Bertz CT molecular complexity index is 971. The summed E-state index contributed by atoms with van der Waals surface area (Å²) in [6, 6.07) is 7.80. The van der Waals surface area contributed by atoms with Gasteiger partial charge in [-0.1, -0.05) is 80.8 Å². The molecule has 0 aliphatic rings. The lowest BCUT2D eigenvalue weighted by Gasteiger charge is -2.22. The summed E-state index contributed by atoms with van der Waals surface area (Å²) in [5.74, 6) is -0.421. The summed E-state index contributed by atoms with van der Waals surface area (Å²) in [5.41, 5.74) is 6.85. The lowest BCUT2D eigenvalue weighted by atomic mass is 9.93. The Morgan fingerprint density at radius 3 is 2.24 bits per heavy atom. The van der Waals surface area contributed by atoms with E-state index in [2.05, 4.69) is 48.4 Å². The van der Waals surface area contributed by atoms with Gasteiger partial charge in [-0.2, -0.15) is 0 Å². The molecule has 204 valence electrons. The molecule has 1 atom stereocenters. The molecule has 1 aromatic heterocycles. The third-order valence-corrected chi connectivity index (χ3v) is 6.42. The molecule has 2 rings (SSSR count). The number of carbonyl (C=O) groups excluding carboxylic acids is 1. The van der Waals surface area contributed by atoms with Crippen molar-refractivity contribution < 1.29 is 14.3 Å². The number of unbranched alkanes of at least 4 members (excludes halogenated alkanes) is 6. The van der Waals surface area contributed by atoms with Crippen molar-refractivity contribution in [3.63, 3.8) is 0 Å². The van der Waals surface area contributed by atoms with Crippen LogP contribution in [0, 0.1) is 0 Å². The molecule has 1 aromatic carbocycles. The Labute approximate surface area is 224 Å². The third kappa shape index (κ3) is 12.0. The van der Waals surface area contributed by atoms with E-state index in [1.165, 1.54) is 32.1 Å². The van der Waals surface area contributed by atoms with Gasteiger partial charge in [0.15, 0.2) is 0 Å². The van der Waals surface area contributed by atoms with Crippen LogP contribution in [0.3, 0.4) is 0 Å². The van der Waals surface area contributed by atoms with Gasteiger partial charge < -0.3 is 20.2 Å². The van der Waals surface area contributed by atoms with E-state index in [4.69, 9.17) is 15.2 Å². The number of nitrogens with two attached hydrogens (primary N) is 1. The zero-order chi connectivity index (χ0) is 26.6. The Kier molecular flexibility index (Phi) is 15.4. The topological polar surface area (TPSA) is 77.3 Å². The molecule has 37 heavy (non-hydrogen) atoms. The summed E-state index contributed by atoms with van der Waals surface area (Å²) in [6.45, 7) is 5.58. The normalized spacial score (nSPS) is 13.8. The van der Waals surface area contributed by atoms with Crippen LogP contribution in [0.15, 0.2) is 66.9 Å². The average Bonchev–Trinajstić information content (AvgIpc) is 3.34. The highest BCUT2D eigenvalue weighted by atomic mass is 16.5. The number of aromatic amines is 1. The Balaban J connectivity index is 1.42. The molecule has 0 amide bonds. The number of benzene rings is 1. The minimum atomic E-state index is -1.20. The van der Waals surface area contributed by atoms with Crippen molar-refractivity contribution in [3.8, 4) is 0 Å². The number of hydrogen-bond donors (Lipinski definition) is 2. The van der Waals surface area contributed by atoms with E-state index in [9.17, 15) is 4.79 Å². The van der Waals surface area contributed by atoms with E-state index in [0.717, 1.165) is 55.2 Å². The van der Waals surface area contributed by atoms with Crippen LogP contribution in [0.5, 0.6) is 0 Å². The maximum absolute atomic E-state index is 12.6. The molecule has 5 nitrogen and oxygen atoms in total. The SMILES string of the molecule is CCCCC/C=C\C/C=C\C/C=C\CCCCCOCCCOC(=O)C(C)(N)c1c[nH]c2ccccc12. The van der Waals surface area contributed by atoms with Crippen molar-refractivity contribution in [3.05, 3.63) is 72.5 Å². The molecule has 2 aromatic rings. The van der Waals surface area contributed by atoms with Crippen LogP contribution in [0.1, 0.15) is 90.0 Å². The van der Waals surface area contributed by atoms with E-state index >= 15 is 0 Å². The molecule has 0 saturated heterocycles. The monoisotopic (exact) mass is 508 g/mol. The van der Waals surface area contributed by atoms with Gasteiger partial charge in [-0.25, -0.2) is 4.79 Å². The number of rotatable bonds is 20. The molecule has 0 aliphatic carbocycles. The van der Waals surface area contributed by atoms with Crippen LogP contribution in [0.25, 0.3) is 10.9 Å². The summed E-state index contributed by atoms with van der Waals surface area (Å²) >= 11 is 0. The zero-order valence-corrected chi connectivity index (χ0v) is 23.1. The van der Waals surface area contributed by atoms with Crippen LogP contribution >= 0.6 is 0 Å². The molecule has 1 heterocycles. The fraction of sp³-hybridized carbons (Fsp3) is 0.531. The standard InChI is InChI=1S/C32H48N2O3/c1-3-4-5-6-7-8-9-10-11-12-13-14-15-16-17-20-24-36-25-21-26-37-31(35)32(2,33)29-27-34-30-23-19-18-22-28(29)30/h7-8,10-11,13-14,18-19,22-23,27,34H,3-6,9,12,15-17,20-21,24-26,33H2,1-2H3/b8-7-,11-10-,14-13-. The Hall–Kier alpha value is -2.63. The summed E-state index contributed by atoms with van der Waals surface area (Å²) in [5, 5.41) is 0.941. The van der Waals surface area contributed by atoms with Gasteiger partial charge in [0.05, 0.1) is 6.61 Å². The fourth-order valence-corrected chi connectivity index (χ4v) is 4.12. The average molecular weight is 509 g/mol. The molecule has 0 saturated carbocycles. The van der Waals surface area contributed by atoms with Crippen molar-refractivity contribution in [2.45, 2.75) is 90.0 Å². The van der Waals surface area contributed by atoms with Crippen molar-refractivity contribution in [2.24, 2.45) is 5.73 Å². The second-order valence-electron chi connectivity index (χ2n) is 9.78. The van der Waals surface area contributed by atoms with Gasteiger partial charge in [-0.05, 0) is 57.9 Å². The highest BCUT2D eigenvalue weighted by molar-refractivity contribution is 5.92. The van der Waals surface area contributed by atoms with Crippen molar-refractivity contribution in [2.75, 3.05) is 19.8 Å². The van der Waals surface area contributed by atoms with Crippen LogP contribution in [-0.4, -0.2) is 30.8 Å². The molecule has 0 fully saturated rings. The van der Waals surface area contributed by atoms with Gasteiger partial charge in [0.1, 0.15) is 5.54 Å². The number of H-pyrrole nitrogens is 1. The molecule has 0 aliphatic heterocycles. The van der Waals surface area contributed by atoms with Crippen LogP contribution in [0.2, 0.25) is 0 Å². The van der Waals surface area contributed by atoms with E-state index in [-0.39, 0.29) is 0 Å². The van der Waals surface area contributed by atoms with Crippen LogP contribution in [-0.2, 0) is 19.8 Å². The number of carbonyl (C=O) groups is 1. The fourth-order valence-electron chi connectivity index (χ4n) is 4.12. The van der Waals surface area contributed by atoms with Crippen molar-refractivity contribution >= 4 is 16.9 Å². The van der Waals surface area contributed by atoms with Gasteiger partial charge in [0.2, 0.25) is 0 Å². The minimum absolute atomic E-state index is 0.308. The number of allylic oxidation sites excluding steroid dienone is 6. The summed E-state index contributed by atoms with van der Waals surface area (Å²) in [6.07, 6.45) is 27.8. The lowest BCUT2D eigenvalue weighted by molar-refractivity contribution is -0.150. The zero-order valence-electron chi connectivity index (χ0n) is 23.1. The first-order chi connectivity index (χ1) is 18.1. The van der Waals surface area contributed by atoms with Crippen LogP contribution in [0.4, 0.5) is 0 Å². The highest BCUT2D eigenvalue weighted by Gasteiger charge is 2.34. The number of nitrogens with one attached hydrogen (secondary N) is 1. The lowest BCUT2D eigenvalue weighted by Crippen LogP contribution is -2.43. The quantitative estimate of drug-likeness (QED) is 0.108. The van der Waals surface area contributed by atoms with Gasteiger partial charge in [-0.3, -0.25) is 0 Å². The highest BCUT2D eigenvalue weighted by Crippen LogP contribution is 2.27. The van der Waals surface area contributed by atoms with E-state index in [1.54, 1.807) is 13.1 Å². The maximum atomic E-state index is 12.6.